The minimum Gasteiger partial charge on any atom is -0.464 e. The van der Waals surface area contributed by atoms with Crippen LogP contribution in [0.25, 0.3) is 11.3 Å². The van der Waals surface area contributed by atoms with Gasteiger partial charge < -0.3 is 4.42 Å². The van der Waals surface area contributed by atoms with Crippen LogP contribution in [0.15, 0.2) is 37.8 Å². The smallest absolute Gasteiger partial charge is 0.136 e. The van der Waals surface area contributed by atoms with Crippen molar-refractivity contribution in [3.05, 3.63) is 44.0 Å². The molecule has 4 heteroatoms. The molecule has 0 aliphatic rings. The monoisotopic (exact) mass is 348 g/mol. The van der Waals surface area contributed by atoms with Crippen molar-refractivity contribution in [2.75, 3.05) is 0 Å². The Bertz CT molecular complexity index is 492. The number of furan rings is 1. The molecule has 2 rings (SSSR count). The lowest BCUT2D eigenvalue weighted by Crippen LogP contribution is -1.85. The predicted octanol–water partition coefficient (Wildman–Crippen LogP) is 5.43. The summed E-state index contributed by atoms with van der Waals surface area (Å²) in [7, 11) is 0. The van der Waals surface area contributed by atoms with E-state index in [1.807, 2.05) is 25.1 Å². The first-order valence-corrected chi connectivity index (χ1v) is 6.25. The van der Waals surface area contributed by atoms with E-state index in [-0.39, 0.29) is 0 Å². The molecule has 15 heavy (non-hydrogen) atoms. The number of hydrogen-bond acceptors (Lipinski definition) is 1. The van der Waals surface area contributed by atoms with Crippen molar-refractivity contribution >= 4 is 43.5 Å². The van der Waals surface area contributed by atoms with Gasteiger partial charge in [0.15, 0.2) is 0 Å². The standard InChI is InChI=1S/C11H7Br2ClO/c1-6-8(14)5-7(12)10(11(6)13)9-3-2-4-15-9/h2-5H,1H3. The zero-order chi connectivity index (χ0) is 11.0. The summed E-state index contributed by atoms with van der Waals surface area (Å²) in [6.07, 6.45) is 1.65. The highest BCUT2D eigenvalue weighted by molar-refractivity contribution is 9.11. The van der Waals surface area contributed by atoms with E-state index in [9.17, 15) is 0 Å². The number of rotatable bonds is 1. The third-order valence-corrected chi connectivity index (χ3v) is 4.18. The van der Waals surface area contributed by atoms with Gasteiger partial charge in [-0.15, -0.1) is 0 Å². The predicted molar refractivity (Wildman–Crippen MR) is 69.3 cm³/mol. The van der Waals surface area contributed by atoms with Gasteiger partial charge in [0.05, 0.1) is 6.26 Å². The zero-order valence-electron chi connectivity index (χ0n) is 7.85. The summed E-state index contributed by atoms with van der Waals surface area (Å²) in [5.41, 5.74) is 1.99. The van der Waals surface area contributed by atoms with Gasteiger partial charge in [-0.05, 0) is 62.5 Å². The van der Waals surface area contributed by atoms with Gasteiger partial charge in [-0.25, -0.2) is 0 Å². The first kappa shape index (κ1) is 11.2. The summed E-state index contributed by atoms with van der Waals surface area (Å²) < 4.78 is 7.24. The van der Waals surface area contributed by atoms with Gasteiger partial charge in [-0.2, -0.15) is 0 Å². The second-order valence-electron chi connectivity index (χ2n) is 3.13. The number of benzene rings is 1. The molecule has 0 fully saturated rings. The molecule has 1 heterocycles. The molecular formula is C11H7Br2ClO. The van der Waals surface area contributed by atoms with Crippen molar-refractivity contribution in [1.82, 2.24) is 0 Å². The van der Waals surface area contributed by atoms with Crippen LogP contribution >= 0.6 is 43.5 Å². The summed E-state index contributed by atoms with van der Waals surface area (Å²) in [4.78, 5) is 0. The van der Waals surface area contributed by atoms with Crippen LogP contribution in [0.5, 0.6) is 0 Å². The van der Waals surface area contributed by atoms with Crippen LogP contribution in [0.4, 0.5) is 0 Å². The third-order valence-electron chi connectivity index (χ3n) is 2.17. The van der Waals surface area contributed by atoms with Gasteiger partial charge in [0.1, 0.15) is 5.76 Å². The second kappa shape index (κ2) is 4.32. The molecule has 0 saturated heterocycles. The molecular weight excluding hydrogens is 343 g/mol. The molecule has 1 aromatic carbocycles. The summed E-state index contributed by atoms with van der Waals surface area (Å²) in [6, 6.07) is 5.65. The lowest BCUT2D eigenvalue weighted by molar-refractivity contribution is 0.581. The fraction of sp³-hybridized carbons (Fsp3) is 0.0909. The van der Waals surface area contributed by atoms with Crippen LogP contribution in [0.1, 0.15) is 5.56 Å². The zero-order valence-corrected chi connectivity index (χ0v) is 11.8. The van der Waals surface area contributed by atoms with Crippen LogP contribution < -0.4 is 0 Å². The molecule has 1 nitrogen and oxygen atoms in total. The Morgan fingerprint density at radius 1 is 1.33 bits per heavy atom. The second-order valence-corrected chi connectivity index (χ2v) is 5.19. The van der Waals surface area contributed by atoms with Crippen molar-refractivity contribution in [3.8, 4) is 11.3 Å². The summed E-state index contributed by atoms with van der Waals surface area (Å²) in [6.45, 7) is 1.96. The van der Waals surface area contributed by atoms with Gasteiger partial charge in [0.2, 0.25) is 0 Å². The van der Waals surface area contributed by atoms with E-state index in [1.165, 1.54) is 0 Å². The van der Waals surface area contributed by atoms with Crippen LogP contribution in [0, 0.1) is 6.92 Å². The van der Waals surface area contributed by atoms with Gasteiger partial charge in [-0.1, -0.05) is 11.6 Å². The average molecular weight is 350 g/mol. The Morgan fingerprint density at radius 2 is 2.07 bits per heavy atom. The Balaban J connectivity index is 2.72. The highest BCUT2D eigenvalue weighted by Crippen LogP contribution is 2.40. The van der Waals surface area contributed by atoms with E-state index < -0.39 is 0 Å². The Morgan fingerprint density at radius 3 is 2.67 bits per heavy atom. The van der Waals surface area contributed by atoms with Gasteiger partial charge >= 0.3 is 0 Å². The molecule has 0 atom stereocenters. The van der Waals surface area contributed by atoms with Crippen molar-refractivity contribution in [2.45, 2.75) is 6.92 Å². The largest absolute Gasteiger partial charge is 0.464 e. The lowest BCUT2D eigenvalue weighted by atomic mass is 10.1. The van der Waals surface area contributed by atoms with Gasteiger partial charge in [0.25, 0.3) is 0 Å². The van der Waals surface area contributed by atoms with Crippen molar-refractivity contribution < 1.29 is 4.42 Å². The molecule has 0 saturated carbocycles. The highest BCUT2D eigenvalue weighted by atomic mass is 79.9. The number of hydrogen-bond donors (Lipinski definition) is 0. The van der Waals surface area contributed by atoms with E-state index in [4.69, 9.17) is 16.0 Å². The average Bonchev–Trinajstić information content (AvgIpc) is 2.68. The molecule has 78 valence electrons. The molecule has 0 bridgehead atoms. The number of halogens is 3. The fourth-order valence-electron chi connectivity index (χ4n) is 1.34. The van der Waals surface area contributed by atoms with Gasteiger partial charge in [-0.3, -0.25) is 0 Å². The molecule has 1 aromatic heterocycles. The van der Waals surface area contributed by atoms with Crippen molar-refractivity contribution in [2.24, 2.45) is 0 Å². The quantitative estimate of drug-likeness (QED) is 0.668. The van der Waals surface area contributed by atoms with E-state index in [0.29, 0.717) is 0 Å². The molecule has 0 unspecified atom stereocenters. The highest BCUT2D eigenvalue weighted by Gasteiger charge is 2.14. The summed E-state index contributed by atoms with van der Waals surface area (Å²) in [5, 5.41) is 0.726. The maximum atomic E-state index is 6.06. The lowest BCUT2D eigenvalue weighted by Gasteiger charge is -2.09. The van der Waals surface area contributed by atoms with Crippen LogP contribution in [-0.2, 0) is 0 Å². The minimum atomic E-state index is 0.726. The SMILES string of the molecule is Cc1c(Cl)cc(Br)c(-c2ccco2)c1Br. The van der Waals surface area contributed by atoms with Gasteiger partial charge in [0, 0.05) is 19.5 Å². The fourth-order valence-corrected chi connectivity index (χ4v) is 3.30. The third kappa shape index (κ3) is 2.01. The molecule has 0 spiro atoms. The summed E-state index contributed by atoms with van der Waals surface area (Å²) >= 11 is 13.1. The Labute approximate surface area is 110 Å². The van der Waals surface area contributed by atoms with Crippen molar-refractivity contribution in [3.63, 3.8) is 0 Å². The van der Waals surface area contributed by atoms with Crippen LogP contribution in [-0.4, -0.2) is 0 Å². The van der Waals surface area contributed by atoms with E-state index in [1.54, 1.807) is 6.26 Å². The molecule has 0 N–H and O–H groups in total. The van der Waals surface area contributed by atoms with E-state index in [0.717, 1.165) is 30.9 Å². The van der Waals surface area contributed by atoms with Crippen molar-refractivity contribution in [1.29, 1.82) is 0 Å². The Kier molecular flexibility index (Phi) is 3.24. The molecule has 0 aliphatic carbocycles. The Hall–Kier alpha value is -0.250. The first-order chi connectivity index (χ1) is 7.11. The maximum absolute atomic E-state index is 6.06. The molecule has 0 amide bonds. The molecule has 0 aliphatic heterocycles. The van der Waals surface area contributed by atoms with E-state index >= 15 is 0 Å². The topological polar surface area (TPSA) is 13.1 Å². The van der Waals surface area contributed by atoms with Crippen LogP contribution in [0.3, 0.4) is 0 Å². The van der Waals surface area contributed by atoms with E-state index in [2.05, 4.69) is 31.9 Å². The summed E-state index contributed by atoms with van der Waals surface area (Å²) in [5.74, 6) is 0.813. The van der Waals surface area contributed by atoms with Crippen LogP contribution in [0.2, 0.25) is 5.02 Å². The first-order valence-electron chi connectivity index (χ1n) is 4.29. The molecule has 0 radical (unpaired) electrons. The molecule has 2 aromatic rings. The normalized spacial score (nSPS) is 10.7. The minimum absolute atomic E-state index is 0.726. The maximum Gasteiger partial charge on any atom is 0.136 e.